The fourth-order valence-corrected chi connectivity index (χ4v) is 3.28. The van der Waals surface area contributed by atoms with Gasteiger partial charge in [0.25, 0.3) is 5.91 Å². The Labute approximate surface area is 139 Å². The van der Waals surface area contributed by atoms with Gasteiger partial charge in [0.15, 0.2) is 0 Å². The zero-order chi connectivity index (χ0) is 17.1. The second-order valence-corrected chi connectivity index (χ2v) is 6.20. The van der Waals surface area contributed by atoms with E-state index in [1.54, 1.807) is 6.07 Å². The van der Waals surface area contributed by atoms with Crippen LogP contribution in [0.4, 0.5) is 4.39 Å². The molecule has 2 N–H and O–H groups in total. The second-order valence-electron chi connectivity index (χ2n) is 4.53. The number of amides is 1. The number of carbonyl (C=O) groups is 3. The van der Waals surface area contributed by atoms with E-state index in [1.807, 2.05) is 0 Å². The number of halogens is 1. The molecule has 2 rings (SSSR count). The molecule has 6 nitrogen and oxygen atoms in total. The highest BCUT2D eigenvalue weighted by Crippen LogP contribution is 2.34. The molecule has 23 heavy (non-hydrogen) atoms. The fraction of sp³-hybridized carbons (Fsp3) is 0.143. The van der Waals surface area contributed by atoms with Crippen molar-refractivity contribution in [3.8, 4) is 0 Å². The van der Waals surface area contributed by atoms with Gasteiger partial charge in [-0.2, -0.15) is 0 Å². The Bertz CT molecular complexity index is 734. The maximum Gasteiger partial charge on any atom is 0.327 e. The molecule has 9 heteroatoms. The Balaban J connectivity index is 2.34. The lowest BCUT2D eigenvalue weighted by Gasteiger charge is -2.21. The molecule has 1 atom stereocenters. The van der Waals surface area contributed by atoms with Crippen molar-refractivity contribution in [1.29, 1.82) is 0 Å². The summed E-state index contributed by atoms with van der Waals surface area (Å²) in [5.41, 5.74) is 0.151. The van der Waals surface area contributed by atoms with Crippen molar-refractivity contribution in [2.75, 3.05) is 0 Å². The first-order valence-corrected chi connectivity index (χ1v) is 7.50. The maximum absolute atomic E-state index is 13.6. The largest absolute Gasteiger partial charge is 0.481 e. The van der Waals surface area contributed by atoms with Crippen molar-refractivity contribution >= 4 is 52.2 Å². The number of thioether (sulfide) groups is 1. The lowest BCUT2D eigenvalue weighted by atomic mass is 10.1. The number of rotatable bonds is 5. The Kier molecular flexibility index (Phi) is 5.12. The molecule has 120 valence electrons. The quantitative estimate of drug-likeness (QED) is 0.616. The van der Waals surface area contributed by atoms with E-state index in [-0.39, 0.29) is 14.8 Å². The van der Waals surface area contributed by atoms with Crippen LogP contribution in [0.2, 0.25) is 0 Å². The van der Waals surface area contributed by atoms with Crippen molar-refractivity contribution in [2.24, 2.45) is 0 Å². The van der Waals surface area contributed by atoms with Gasteiger partial charge in [0, 0.05) is 5.56 Å². The van der Waals surface area contributed by atoms with Gasteiger partial charge in [-0.1, -0.05) is 42.2 Å². The number of thiocarbonyl (C=S) groups is 1. The molecule has 1 aromatic carbocycles. The number of aliphatic carboxylic acids is 2. The van der Waals surface area contributed by atoms with Gasteiger partial charge in [0.05, 0.1) is 11.3 Å². The van der Waals surface area contributed by atoms with Gasteiger partial charge in [0.2, 0.25) is 0 Å². The van der Waals surface area contributed by atoms with Gasteiger partial charge in [0.1, 0.15) is 16.2 Å². The third kappa shape index (κ3) is 3.74. The van der Waals surface area contributed by atoms with Gasteiger partial charge in [-0.05, 0) is 12.1 Å². The third-order valence-corrected chi connectivity index (χ3v) is 4.31. The summed E-state index contributed by atoms with van der Waals surface area (Å²) < 4.78 is 13.6. The number of carboxylic acid groups (broad SMARTS) is 2. The van der Waals surface area contributed by atoms with E-state index in [2.05, 4.69) is 0 Å². The maximum atomic E-state index is 13.6. The molecule has 1 aromatic rings. The predicted molar refractivity (Wildman–Crippen MR) is 85.1 cm³/mol. The summed E-state index contributed by atoms with van der Waals surface area (Å²) in [7, 11) is 0. The molecule has 0 spiro atoms. The summed E-state index contributed by atoms with van der Waals surface area (Å²) in [6.07, 6.45) is 0.475. The van der Waals surface area contributed by atoms with Gasteiger partial charge in [-0.25, -0.2) is 9.18 Å². The molecular weight excluding hydrogens is 345 g/mol. The smallest absolute Gasteiger partial charge is 0.327 e. The summed E-state index contributed by atoms with van der Waals surface area (Å²) in [5.74, 6) is -4.14. The van der Waals surface area contributed by atoms with Crippen LogP contribution in [0.5, 0.6) is 0 Å². The van der Waals surface area contributed by atoms with Crippen LogP contribution in [0, 0.1) is 5.82 Å². The lowest BCUT2D eigenvalue weighted by Crippen LogP contribution is -2.45. The number of benzene rings is 1. The van der Waals surface area contributed by atoms with Gasteiger partial charge in [-0.15, -0.1) is 0 Å². The zero-order valence-electron chi connectivity index (χ0n) is 11.4. The van der Waals surface area contributed by atoms with Crippen LogP contribution in [0.25, 0.3) is 6.08 Å². The first kappa shape index (κ1) is 17.1. The number of hydrogen-bond donors (Lipinski definition) is 2. The Morgan fingerprint density at radius 3 is 2.57 bits per heavy atom. The average molecular weight is 355 g/mol. The van der Waals surface area contributed by atoms with E-state index in [0.29, 0.717) is 0 Å². The number of carboxylic acids is 2. The highest BCUT2D eigenvalue weighted by atomic mass is 32.2. The average Bonchev–Trinajstić information content (AvgIpc) is 2.73. The molecule has 0 aromatic heterocycles. The summed E-state index contributed by atoms with van der Waals surface area (Å²) in [6, 6.07) is 4.14. The fourth-order valence-electron chi connectivity index (χ4n) is 1.94. The first-order chi connectivity index (χ1) is 10.8. The van der Waals surface area contributed by atoms with E-state index >= 15 is 0 Å². The van der Waals surface area contributed by atoms with Crippen molar-refractivity contribution in [1.82, 2.24) is 4.90 Å². The van der Waals surface area contributed by atoms with Gasteiger partial charge >= 0.3 is 11.9 Å². The molecule has 0 unspecified atom stereocenters. The molecule has 0 aliphatic carbocycles. The van der Waals surface area contributed by atoms with E-state index in [0.717, 1.165) is 16.7 Å². The summed E-state index contributed by atoms with van der Waals surface area (Å²) in [6.45, 7) is 0. The van der Waals surface area contributed by atoms with Crippen LogP contribution in [0.15, 0.2) is 29.2 Å². The van der Waals surface area contributed by atoms with Crippen LogP contribution in [-0.2, 0) is 14.4 Å². The summed E-state index contributed by atoms with van der Waals surface area (Å²) in [5, 5.41) is 17.9. The van der Waals surface area contributed by atoms with Gasteiger partial charge < -0.3 is 10.2 Å². The van der Waals surface area contributed by atoms with E-state index in [1.165, 1.54) is 24.3 Å². The first-order valence-electron chi connectivity index (χ1n) is 6.27. The molecule has 1 aliphatic heterocycles. The zero-order valence-corrected chi connectivity index (χ0v) is 13.1. The highest BCUT2D eigenvalue weighted by molar-refractivity contribution is 8.26. The van der Waals surface area contributed by atoms with Crippen LogP contribution in [0.1, 0.15) is 12.0 Å². The van der Waals surface area contributed by atoms with Crippen LogP contribution < -0.4 is 0 Å². The van der Waals surface area contributed by atoms with E-state index in [9.17, 15) is 18.8 Å². The molecule has 1 fully saturated rings. The number of carbonyl (C=O) groups excluding carboxylic acids is 1. The van der Waals surface area contributed by atoms with Crippen LogP contribution in [-0.4, -0.2) is 43.3 Å². The minimum Gasteiger partial charge on any atom is -0.481 e. The van der Waals surface area contributed by atoms with Crippen molar-refractivity contribution in [3.63, 3.8) is 0 Å². The normalized spacial score (nSPS) is 17.6. The van der Waals surface area contributed by atoms with Crippen molar-refractivity contribution in [3.05, 3.63) is 40.6 Å². The standard InChI is InChI=1S/C14H10FNO5S2/c15-8-4-2-1-3-7(8)5-10-12(19)16(14(22)23-10)9(13(20)21)6-11(17)18/h1-5,9H,6H2,(H,17,18)(H,20,21)/b10-5-/t9-/m1/s1. The minimum absolute atomic E-state index is 0.0386. The number of nitrogens with zero attached hydrogens (tertiary/aromatic N) is 1. The van der Waals surface area contributed by atoms with Crippen molar-refractivity contribution in [2.45, 2.75) is 12.5 Å². The van der Waals surface area contributed by atoms with Gasteiger partial charge in [-0.3, -0.25) is 14.5 Å². The number of hydrogen-bond acceptors (Lipinski definition) is 5. The molecule has 1 amide bonds. The molecule has 0 radical (unpaired) electrons. The summed E-state index contributed by atoms with van der Waals surface area (Å²) >= 11 is 5.77. The van der Waals surface area contributed by atoms with E-state index < -0.39 is 36.1 Å². The highest BCUT2D eigenvalue weighted by Gasteiger charge is 2.41. The third-order valence-electron chi connectivity index (χ3n) is 2.98. The lowest BCUT2D eigenvalue weighted by molar-refractivity contribution is -0.150. The second kappa shape index (κ2) is 6.88. The minimum atomic E-state index is -1.61. The molecule has 1 saturated heterocycles. The molecule has 0 saturated carbocycles. The summed E-state index contributed by atoms with van der Waals surface area (Å²) in [4.78, 5) is 35.1. The topological polar surface area (TPSA) is 94.9 Å². The monoisotopic (exact) mass is 355 g/mol. The van der Waals surface area contributed by atoms with Crippen molar-refractivity contribution < 1.29 is 29.0 Å². The molecule has 1 heterocycles. The molecule has 1 aliphatic rings. The van der Waals surface area contributed by atoms with Crippen LogP contribution >= 0.6 is 24.0 Å². The van der Waals surface area contributed by atoms with E-state index in [4.69, 9.17) is 22.4 Å². The van der Waals surface area contributed by atoms with Crippen LogP contribution in [0.3, 0.4) is 0 Å². The Morgan fingerprint density at radius 2 is 2.00 bits per heavy atom. The molecular formula is C14H10FNO5S2. The Morgan fingerprint density at radius 1 is 1.35 bits per heavy atom. The SMILES string of the molecule is O=C(O)C[C@H](C(=O)O)N1C(=O)/C(=C/c2ccccc2F)SC1=S. The molecule has 0 bridgehead atoms. The Hall–Kier alpha value is -2.26. The predicted octanol–water partition coefficient (Wildman–Crippen LogP) is 1.95.